The van der Waals surface area contributed by atoms with Gasteiger partial charge in [0.1, 0.15) is 5.38 Å². The number of carbonyl (C=O) groups excluding carboxylic acids is 1. The Morgan fingerprint density at radius 1 is 1.64 bits per heavy atom. The maximum Gasteiger partial charge on any atom is 0.173 e. The maximum absolute atomic E-state index is 11.2. The second-order valence-corrected chi connectivity index (χ2v) is 4.36. The predicted octanol–water partition coefficient (Wildman–Crippen LogP) is 2.54. The SMILES string of the molecule is CC1=CC(=O)[C@H](Cl)C(C)(C)C1. The third-order valence-electron chi connectivity index (χ3n) is 2.06. The third-order valence-corrected chi connectivity index (χ3v) is 2.86. The largest absolute Gasteiger partial charge is 0.293 e. The number of rotatable bonds is 0. The molecule has 0 spiro atoms. The minimum absolute atomic E-state index is 0.0559. The molecule has 1 aliphatic carbocycles. The zero-order valence-electron chi connectivity index (χ0n) is 7.15. The fraction of sp³-hybridized carbons (Fsp3) is 0.667. The van der Waals surface area contributed by atoms with Crippen LogP contribution in [-0.2, 0) is 4.79 Å². The van der Waals surface area contributed by atoms with Crippen LogP contribution in [0.25, 0.3) is 0 Å². The summed E-state index contributed by atoms with van der Waals surface area (Å²) in [5.41, 5.74) is 1.06. The Morgan fingerprint density at radius 2 is 2.18 bits per heavy atom. The van der Waals surface area contributed by atoms with E-state index in [0.717, 1.165) is 12.0 Å². The first-order valence-electron chi connectivity index (χ1n) is 3.78. The van der Waals surface area contributed by atoms with Crippen LogP contribution in [0.1, 0.15) is 27.2 Å². The number of allylic oxidation sites excluding steroid dienone is 2. The lowest BCUT2D eigenvalue weighted by molar-refractivity contribution is -0.116. The van der Waals surface area contributed by atoms with E-state index in [4.69, 9.17) is 11.6 Å². The molecular weight excluding hydrogens is 160 g/mol. The Kier molecular flexibility index (Phi) is 2.10. The van der Waals surface area contributed by atoms with Crippen molar-refractivity contribution in [1.29, 1.82) is 0 Å². The van der Waals surface area contributed by atoms with Crippen LogP contribution in [0.3, 0.4) is 0 Å². The third kappa shape index (κ3) is 1.64. The van der Waals surface area contributed by atoms with Gasteiger partial charge < -0.3 is 0 Å². The summed E-state index contributed by atoms with van der Waals surface area (Å²) < 4.78 is 0. The second kappa shape index (κ2) is 2.63. The van der Waals surface area contributed by atoms with Gasteiger partial charge in [-0.25, -0.2) is 0 Å². The van der Waals surface area contributed by atoms with E-state index in [2.05, 4.69) is 0 Å². The van der Waals surface area contributed by atoms with Gasteiger partial charge in [-0.05, 0) is 24.8 Å². The van der Waals surface area contributed by atoms with E-state index in [0.29, 0.717) is 0 Å². The van der Waals surface area contributed by atoms with E-state index in [1.807, 2.05) is 20.8 Å². The summed E-state index contributed by atoms with van der Waals surface area (Å²) in [4.78, 5) is 11.2. The van der Waals surface area contributed by atoms with Crippen molar-refractivity contribution in [1.82, 2.24) is 0 Å². The van der Waals surface area contributed by atoms with Crippen LogP contribution in [0.4, 0.5) is 0 Å². The summed E-state index contributed by atoms with van der Waals surface area (Å²) >= 11 is 5.93. The number of halogens is 1. The van der Waals surface area contributed by atoms with Gasteiger partial charge in [0.25, 0.3) is 0 Å². The Bertz CT molecular complexity index is 216. The fourth-order valence-corrected chi connectivity index (χ4v) is 1.70. The quantitative estimate of drug-likeness (QED) is 0.514. The lowest BCUT2D eigenvalue weighted by atomic mass is 9.77. The topological polar surface area (TPSA) is 17.1 Å². The second-order valence-electron chi connectivity index (χ2n) is 3.92. The normalized spacial score (nSPS) is 30.0. The Labute approximate surface area is 72.4 Å². The Hall–Kier alpha value is -0.300. The van der Waals surface area contributed by atoms with Gasteiger partial charge in [0.05, 0.1) is 0 Å². The number of hydrogen-bond donors (Lipinski definition) is 0. The number of ketones is 1. The van der Waals surface area contributed by atoms with Crippen molar-refractivity contribution in [2.24, 2.45) is 5.41 Å². The first kappa shape index (κ1) is 8.79. The Balaban J connectivity index is 2.94. The summed E-state index contributed by atoms with van der Waals surface area (Å²) in [7, 11) is 0. The van der Waals surface area contributed by atoms with Gasteiger partial charge in [-0.2, -0.15) is 0 Å². The smallest absolute Gasteiger partial charge is 0.173 e. The zero-order chi connectivity index (χ0) is 8.65. The Morgan fingerprint density at radius 3 is 2.64 bits per heavy atom. The summed E-state index contributed by atoms with van der Waals surface area (Å²) in [6.45, 7) is 6.03. The standard InChI is InChI=1S/C9H13ClO/c1-6-4-7(11)8(10)9(2,3)5-6/h4,8H,5H2,1-3H3/t8-/m0/s1. The van der Waals surface area contributed by atoms with Crippen molar-refractivity contribution in [3.63, 3.8) is 0 Å². The van der Waals surface area contributed by atoms with Gasteiger partial charge in [0, 0.05) is 0 Å². The van der Waals surface area contributed by atoms with Crippen LogP contribution in [0.2, 0.25) is 0 Å². The van der Waals surface area contributed by atoms with Crippen molar-refractivity contribution in [2.75, 3.05) is 0 Å². The number of alkyl halides is 1. The monoisotopic (exact) mass is 172 g/mol. The molecule has 0 saturated heterocycles. The molecule has 0 fully saturated rings. The molecule has 62 valence electrons. The van der Waals surface area contributed by atoms with Gasteiger partial charge in [0.15, 0.2) is 5.78 Å². The highest BCUT2D eigenvalue weighted by Gasteiger charge is 2.35. The highest BCUT2D eigenvalue weighted by atomic mass is 35.5. The average molecular weight is 173 g/mol. The molecule has 0 bridgehead atoms. The van der Waals surface area contributed by atoms with Crippen LogP contribution in [0, 0.1) is 5.41 Å². The molecule has 1 nitrogen and oxygen atoms in total. The maximum atomic E-state index is 11.2. The van der Waals surface area contributed by atoms with Crippen LogP contribution >= 0.6 is 11.6 Å². The van der Waals surface area contributed by atoms with E-state index in [9.17, 15) is 4.79 Å². The van der Waals surface area contributed by atoms with Crippen molar-refractivity contribution >= 4 is 17.4 Å². The molecule has 0 aromatic rings. The zero-order valence-corrected chi connectivity index (χ0v) is 7.90. The number of carbonyl (C=O) groups is 1. The highest BCUT2D eigenvalue weighted by Crippen LogP contribution is 2.36. The molecule has 0 heterocycles. The molecular formula is C9H13ClO. The van der Waals surface area contributed by atoms with Crippen molar-refractivity contribution < 1.29 is 4.79 Å². The minimum Gasteiger partial charge on any atom is -0.293 e. The van der Waals surface area contributed by atoms with Gasteiger partial charge >= 0.3 is 0 Å². The lowest BCUT2D eigenvalue weighted by Gasteiger charge is -2.32. The molecule has 0 radical (unpaired) electrons. The molecule has 1 atom stereocenters. The molecule has 1 rings (SSSR count). The van der Waals surface area contributed by atoms with Gasteiger partial charge in [-0.3, -0.25) is 4.79 Å². The van der Waals surface area contributed by atoms with Gasteiger partial charge in [-0.1, -0.05) is 19.4 Å². The van der Waals surface area contributed by atoms with Crippen LogP contribution < -0.4 is 0 Å². The number of hydrogen-bond acceptors (Lipinski definition) is 1. The van der Waals surface area contributed by atoms with Crippen molar-refractivity contribution in [3.05, 3.63) is 11.6 Å². The van der Waals surface area contributed by atoms with Crippen LogP contribution in [-0.4, -0.2) is 11.2 Å². The van der Waals surface area contributed by atoms with Gasteiger partial charge in [0.2, 0.25) is 0 Å². The van der Waals surface area contributed by atoms with Gasteiger partial charge in [-0.15, -0.1) is 11.6 Å². The molecule has 0 aromatic heterocycles. The van der Waals surface area contributed by atoms with E-state index in [1.165, 1.54) is 0 Å². The average Bonchev–Trinajstić information content (AvgIpc) is 1.81. The fourth-order valence-electron chi connectivity index (χ4n) is 1.56. The summed E-state index contributed by atoms with van der Waals surface area (Å²) in [6.07, 6.45) is 2.58. The molecule has 0 N–H and O–H groups in total. The molecule has 0 saturated carbocycles. The van der Waals surface area contributed by atoms with E-state index in [-0.39, 0.29) is 16.6 Å². The first-order chi connectivity index (χ1) is 4.93. The van der Waals surface area contributed by atoms with Crippen LogP contribution in [0.15, 0.2) is 11.6 Å². The molecule has 2 heteroatoms. The summed E-state index contributed by atoms with van der Waals surface area (Å²) in [5, 5.41) is -0.341. The summed E-state index contributed by atoms with van der Waals surface area (Å²) in [6, 6.07) is 0. The molecule has 11 heavy (non-hydrogen) atoms. The molecule has 0 aromatic carbocycles. The molecule has 0 aliphatic heterocycles. The van der Waals surface area contributed by atoms with E-state index < -0.39 is 0 Å². The highest BCUT2D eigenvalue weighted by molar-refractivity contribution is 6.33. The van der Waals surface area contributed by atoms with Crippen molar-refractivity contribution in [2.45, 2.75) is 32.6 Å². The van der Waals surface area contributed by atoms with Crippen molar-refractivity contribution in [3.8, 4) is 0 Å². The van der Waals surface area contributed by atoms with E-state index >= 15 is 0 Å². The lowest BCUT2D eigenvalue weighted by Crippen LogP contribution is -2.34. The molecule has 0 unspecified atom stereocenters. The summed E-state index contributed by atoms with van der Waals surface area (Å²) in [5.74, 6) is 0.0559. The van der Waals surface area contributed by atoms with E-state index in [1.54, 1.807) is 6.08 Å². The molecule has 0 amide bonds. The minimum atomic E-state index is -0.341. The predicted molar refractivity (Wildman–Crippen MR) is 46.8 cm³/mol. The first-order valence-corrected chi connectivity index (χ1v) is 4.22. The molecule has 1 aliphatic rings. The van der Waals surface area contributed by atoms with Crippen LogP contribution in [0.5, 0.6) is 0 Å².